The molecular weight excluding hydrogens is 256 g/mol. The van der Waals surface area contributed by atoms with Gasteiger partial charge in [0.1, 0.15) is 5.69 Å². The molecule has 20 heavy (non-hydrogen) atoms. The number of nitrogen functional groups attached to an aromatic ring is 1. The third-order valence-electron chi connectivity index (χ3n) is 4.15. The Balaban J connectivity index is 2.19. The summed E-state index contributed by atoms with van der Waals surface area (Å²) in [4.78, 5) is 12.9. The number of hydrogen-bond donors (Lipinski definition) is 2. The van der Waals surface area contributed by atoms with Gasteiger partial charge in [-0.25, -0.2) is 0 Å². The fourth-order valence-electron chi connectivity index (χ4n) is 2.95. The van der Waals surface area contributed by atoms with Gasteiger partial charge in [0.25, 0.3) is 5.69 Å². The quantitative estimate of drug-likeness (QED) is 0.502. The molecule has 6 nitrogen and oxygen atoms in total. The van der Waals surface area contributed by atoms with Gasteiger partial charge >= 0.3 is 0 Å². The molecule has 2 atom stereocenters. The maximum absolute atomic E-state index is 10.9. The Kier molecular flexibility index (Phi) is 4.57. The van der Waals surface area contributed by atoms with Gasteiger partial charge in [0.2, 0.25) is 0 Å². The lowest BCUT2D eigenvalue weighted by Crippen LogP contribution is -2.42. The number of hydrazine groups is 1. The maximum Gasteiger partial charge on any atom is 0.293 e. The minimum absolute atomic E-state index is 0.0102. The Morgan fingerprint density at radius 3 is 2.60 bits per heavy atom. The summed E-state index contributed by atoms with van der Waals surface area (Å²) in [6, 6.07) is 6.19. The van der Waals surface area contributed by atoms with E-state index in [4.69, 9.17) is 5.84 Å². The number of nitro benzene ring substituents is 1. The molecule has 0 bridgehead atoms. The van der Waals surface area contributed by atoms with Gasteiger partial charge in [0.05, 0.1) is 4.92 Å². The number of nitrogens with zero attached hydrogens (tertiary/aromatic N) is 2. The molecule has 1 aliphatic rings. The minimum atomic E-state index is -0.425. The predicted octanol–water partition coefficient (Wildman–Crippen LogP) is 2.64. The van der Waals surface area contributed by atoms with Crippen LogP contribution in [-0.4, -0.2) is 21.9 Å². The van der Waals surface area contributed by atoms with Crippen LogP contribution in [-0.2, 0) is 6.54 Å². The molecule has 1 heterocycles. The third kappa shape index (κ3) is 3.08. The summed E-state index contributed by atoms with van der Waals surface area (Å²) < 4.78 is 0. The van der Waals surface area contributed by atoms with Crippen molar-refractivity contribution < 1.29 is 4.92 Å². The van der Waals surface area contributed by atoms with Crippen molar-refractivity contribution >= 4 is 11.4 Å². The number of nitrogens with two attached hydrogens (primary N) is 1. The smallest absolute Gasteiger partial charge is 0.293 e. The maximum atomic E-state index is 10.9. The van der Waals surface area contributed by atoms with Gasteiger partial charge in [-0.1, -0.05) is 12.5 Å². The SMILES string of the molecule is CC1CCCC(C)N1Cc1ccc([N+](=O)[O-])c(NN)c1. The molecule has 110 valence electrons. The van der Waals surface area contributed by atoms with E-state index in [0.29, 0.717) is 17.8 Å². The van der Waals surface area contributed by atoms with Crippen LogP contribution in [0.5, 0.6) is 0 Å². The van der Waals surface area contributed by atoms with Gasteiger partial charge in [-0.15, -0.1) is 0 Å². The van der Waals surface area contributed by atoms with Gasteiger partial charge in [-0.2, -0.15) is 0 Å². The van der Waals surface area contributed by atoms with Crippen molar-refractivity contribution in [1.29, 1.82) is 0 Å². The topological polar surface area (TPSA) is 84.4 Å². The van der Waals surface area contributed by atoms with Crippen LogP contribution >= 0.6 is 0 Å². The van der Waals surface area contributed by atoms with E-state index in [1.54, 1.807) is 6.07 Å². The van der Waals surface area contributed by atoms with Crippen LogP contribution in [0.2, 0.25) is 0 Å². The van der Waals surface area contributed by atoms with Crippen LogP contribution in [0.25, 0.3) is 0 Å². The zero-order chi connectivity index (χ0) is 14.7. The number of nitro groups is 1. The van der Waals surface area contributed by atoms with Crippen molar-refractivity contribution in [1.82, 2.24) is 4.90 Å². The zero-order valence-electron chi connectivity index (χ0n) is 12.0. The zero-order valence-corrected chi connectivity index (χ0v) is 12.0. The van der Waals surface area contributed by atoms with Crippen LogP contribution < -0.4 is 11.3 Å². The standard InChI is InChI=1S/C14H22N4O2/c1-10-4-3-5-11(2)17(10)9-12-6-7-14(18(19)20)13(8-12)16-15/h6-8,10-11,16H,3-5,9,15H2,1-2H3. The molecule has 0 radical (unpaired) electrons. The summed E-state index contributed by atoms with van der Waals surface area (Å²) in [5.74, 6) is 5.38. The molecule has 1 aromatic carbocycles. The van der Waals surface area contributed by atoms with E-state index < -0.39 is 4.92 Å². The van der Waals surface area contributed by atoms with Crippen molar-refractivity contribution in [2.24, 2.45) is 5.84 Å². The molecule has 1 fully saturated rings. The molecule has 1 aliphatic heterocycles. The lowest BCUT2D eigenvalue weighted by atomic mass is 9.96. The fourth-order valence-corrected chi connectivity index (χ4v) is 2.95. The van der Waals surface area contributed by atoms with Gasteiger partial charge < -0.3 is 5.43 Å². The Hall–Kier alpha value is -1.66. The lowest BCUT2D eigenvalue weighted by molar-refractivity contribution is -0.384. The van der Waals surface area contributed by atoms with Gasteiger partial charge in [-0.3, -0.25) is 20.9 Å². The van der Waals surface area contributed by atoms with E-state index in [-0.39, 0.29) is 5.69 Å². The second kappa shape index (κ2) is 6.19. The van der Waals surface area contributed by atoms with E-state index >= 15 is 0 Å². The normalized spacial score (nSPS) is 23.6. The second-order valence-corrected chi connectivity index (χ2v) is 5.55. The highest BCUT2D eigenvalue weighted by Crippen LogP contribution is 2.28. The number of nitrogens with one attached hydrogen (secondary N) is 1. The van der Waals surface area contributed by atoms with E-state index in [9.17, 15) is 10.1 Å². The van der Waals surface area contributed by atoms with E-state index in [1.165, 1.54) is 25.3 Å². The minimum Gasteiger partial charge on any atom is -0.318 e. The number of hydrogen-bond acceptors (Lipinski definition) is 5. The van der Waals surface area contributed by atoms with Crippen molar-refractivity contribution in [3.05, 3.63) is 33.9 Å². The Morgan fingerprint density at radius 2 is 2.05 bits per heavy atom. The van der Waals surface area contributed by atoms with Crippen LogP contribution in [0.4, 0.5) is 11.4 Å². The average Bonchev–Trinajstić information content (AvgIpc) is 2.42. The Labute approximate surface area is 119 Å². The molecule has 1 aromatic rings. The van der Waals surface area contributed by atoms with Crippen LogP contribution in [0.1, 0.15) is 38.7 Å². The Morgan fingerprint density at radius 1 is 1.40 bits per heavy atom. The summed E-state index contributed by atoms with van der Waals surface area (Å²) in [5, 5.41) is 10.9. The van der Waals surface area contributed by atoms with Crippen molar-refractivity contribution in [3.8, 4) is 0 Å². The predicted molar refractivity (Wildman–Crippen MR) is 79.2 cm³/mol. The van der Waals surface area contributed by atoms with Crippen LogP contribution in [0.3, 0.4) is 0 Å². The number of rotatable bonds is 4. The van der Waals surface area contributed by atoms with Gasteiger partial charge in [-0.05, 0) is 38.3 Å². The van der Waals surface area contributed by atoms with Crippen molar-refractivity contribution in [3.63, 3.8) is 0 Å². The summed E-state index contributed by atoms with van der Waals surface area (Å²) >= 11 is 0. The lowest BCUT2D eigenvalue weighted by Gasteiger charge is -2.39. The van der Waals surface area contributed by atoms with Crippen LogP contribution in [0, 0.1) is 10.1 Å². The summed E-state index contributed by atoms with van der Waals surface area (Å²) in [6.07, 6.45) is 3.69. The molecule has 6 heteroatoms. The van der Waals surface area contributed by atoms with E-state index in [2.05, 4.69) is 24.2 Å². The first-order valence-electron chi connectivity index (χ1n) is 7.02. The molecule has 0 aromatic heterocycles. The molecule has 0 spiro atoms. The van der Waals surface area contributed by atoms with Crippen molar-refractivity contribution in [2.45, 2.75) is 51.7 Å². The van der Waals surface area contributed by atoms with Crippen molar-refractivity contribution in [2.75, 3.05) is 5.43 Å². The van der Waals surface area contributed by atoms with Gasteiger partial charge in [0, 0.05) is 24.7 Å². The first-order valence-corrected chi connectivity index (χ1v) is 7.02. The molecule has 0 aliphatic carbocycles. The monoisotopic (exact) mass is 278 g/mol. The summed E-state index contributed by atoms with van der Waals surface area (Å²) in [7, 11) is 0. The molecule has 2 rings (SSSR count). The average molecular weight is 278 g/mol. The summed E-state index contributed by atoms with van der Waals surface area (Å²) in [5.41, 5.74) is 3.84. The molecular formula is C14H22N4O2. The van der Waals surface area contributed by atoms with E-state index in [1.807, 2.05) is 6.07 Å². The second-order valence-electron chi connectivity index (χ2n) is 5.55. The first-order chi connectivity index (χ1) is 9.52. The fraction of sp³-hybridized carbons (Fsp3) is 0.571. The first kappa shape index (κ1) is 14.7. The highest BCUT2D eigenvalue weighted by molar-refractivity contribution is 5.62. The van der Waals surface area contributed by atoms with Crippen LogP contribution in [0.15, 0.2) is 18.2 Å². The molecule has 1 saturated heterocycles. The highest BCUT2D eigenvalue weighted by atomic mass is 16.6. The van der Waals surface area contributed by atoms with Gasteiger partial charge in [0.15, 0.2) is 0 Å². The third-order valence-corrected chi connectivity index (χ3v) is 4.15. The summed E-state index contributed by atoms with van der Waals surface area (Å²) in [6.45, 7) is 5.28. The number of anilines is 1. The number of benzene rings is 1. The molecule has 3 N–H and O–H groups in total. The highest BCUT2D eigenvalue weighted by Gasteiger charge is 2.25. The largest absolute Gasteiger partial charge is 0.318 e. The Bertz CT molecular complexity index is 482. The number of piperidine rings is 1. The van der Waals surface area contributed by atoms with E-state index in [0.717, 1.165) is 12.1 Å². The molecule has 0 saturated carbocycles. The molecule has 2 unspecified atom stereocenters. The molecule has 0 amide bonds. The number of likely N-dealkylation sites (tertiary alicyclic amines) is 1.